The first-order chi connectivity index (χ1) is 9.49. The van der Waals surface area contributed by atoms with Gasteiger partial charge in [-0.3, -0.25) is 4.79 Å². The molecule has 0 fully saturated rings. The van der Waals surface area contributed by atoms with Gasteiger partial charge >= 0.3 is 5.97 Å². The first kappa shape index (κ1) is 20.6. The van der Waals surface area contributed by atoms with Crippen LogP contribution in [-0.4, -0.2) is 38.2 Å². The number of aliphatic hydroxyl groups is 1. The van der Waals surface area contributed by atoms with Gasteiger partial charge in [-0.15, -0.1) is 0 Å². The molecule has 0 unspecified atom stereocenters. The Morgan fingerprint density at radius 2 is 1.81 bits per heavy atom. The van der Waals surface area contributed by atoms with Crippen LogP contribution in [0.15, 0.2) is 0 Å². The van der Waals surface area contributed by atoms with Crippen molar-refractivity contribution in [3.05, 3.63) is 0 Å². The summed E-state index contributed by atoms with van der Waals surface area (Å²) in [6.07, 6.45) is 2.06. The van der Waals surface area contributed by atoms with Crippen molar-refractivity contribution in [1.29, 1.82) is 0 Å². The van der Waals surface area contributed by atoms with Crippen LogP contribution in [0.25, 0.3) is 0 Å². The normalized spacial score (nSPS) is 15.6. The van der Waals surface area contributed by atoms with Crippen molar-refractivity contribution in [1.82, 2.24) is 0 Å². The van der Waals surface area contributed by atoms with Crippen molar-refractivity contribution >= 4 is 14.3 Å². The van der Waals surface area contributed by atoms with E-state index in [1.54, 1.807) is 6.92 Å². The van der Waals surface area contributed by atoms with Gasteiger partial charge in [0, 0.05) is 6.10 Å². The number of carbonyl (C=O) groups is 1. The van der Waals surface area contributed by atoms with Crippen LogP contribution in [0.3, 0.4) is 0 Å². The lowest BCUT2D eigenvalue weighted by atomic mass is 10.1. The fourth-order valence-corrected chi connectivity index (χ4v) is 3.37. The number of rotatable bonds is 9. The number of esters is 1. The summed E-state index contributed by atoms with van der Waals surface area (Å²) in [6, 6.07) is 0. The average molecular weight is 319 g/mol. The van der Waals surface area contributed by atoms with E-state index in [2.05, 4.69) is 40.8 Å². The summed E-state index contributed by atoms with van der Waals surface area (Å²) in [5, 5.41) is 10.0. The predicted octanol–water partition coefficient (Wildman–Crippen LogP) is 3.88. The van der Waals surface area contributed by atoms with Crippen molar-refractivity contribution in [3.8, 4) is 0 Å². The Morgan fingerprint density at radius 3 is 2.29 bits per heavy atom. The predicted molar refractivity (Wildman–Crippen MR) is 88.9 cm³/mol. The summed E-state index contributed by atoms with van der Waals surface area (Å²) in [7, 11) is -1.72. The second kappa shape index (κ2) is 8.91. The standard InChI is InChI=1S/C16H34O4Si/c1-8-19-15(18)12-14(17)11-9-10-13(2)20-21(6,7)16(3,4)5/h13-14,17H,8-12H2,1-7H3/t13-,14+/m1/s1. The van der Waals surface area contributed by atoms with Crippen LogP contribution in [-0.2, 0) is 14.0 Å². The number of carbonyl (C=O) groups excluding carboxylic acids is 1. The topological polar surface area (TPSA) is 55.8 Å². The molecule has 0 rings (SSSR count). The molecule has 0 aromatic rings. The van der Waals surface area contributed by atoms with E-state index in [1.807, 2.05) is 0 Å². The van der Waals surface area contributed by atoms with Crippen LogP contribution < -0.4 is 0 Å². The summed E-state index contributed by atoms with van der Waals surface area (Å²) in [5.41, 5.74) is 0. The summed E-state index contributed by atoms with van der Waals surface area (Å²) in [4.78, 5) is 11.2. The zero-order chi connectivity index (χ0) is 16.7. The van der Waals surface area contributed by atoms with Crippen molar-refractivity contribution < 1.29 is 19.1 Å². The maximum atomic E-state index is 11.2. The highest BCUT2D eigenvalue weighted by molar-refractivity contribution is 6.74. The minimum absolute atomic E-state index is 0.0886. The van der Waals surface area contributed by atoms with Gasteiger partial charge in [-0.25, -0.2) is 0 Å². The minimum Gasteiger partial charge on any atom is -0.466 e. The van der Waals surface area contributed by atoms with Crippen molar-refractivity contribution in [3.63, 3.8) is 0 Å². The van der Waals surface area contributed by atoms with Gasteiger partial charge in [-0.2, -0.15) is 0 Å². The molecule has 126 valence electrons. The molecule has 0 radical (unpaired) electrons. The third kappa shape index (κ3) is 8.59. The zero-order valence-corrected chi connectivity index (χ0v) is 15.9. The van der Waals surface area contributed by atoms with E-state index < -0.39 is 14.4 Å². The largest absolute Gasteiger partial charge is 0.466 e. The van der Waals surface area contributed by atoms with E-state index in [9.17, 15) is 9.90 Å². The highest BCUT2D eigenvalue weighted by Gasteiger charge is 2.38. The van der Waals surface area contributed by atoms with E-state index in [0.717, 1.165) is 12.8 Å². The molecule has 21 heavy (non-hydrogen) atoms. The molecule has 2 atom stereocenters. The second-order valence-corrected chi connectivity index (χ2v) is 12.0. The van der Waals surface area contributed by atoms with Crippen LogP contribution in [0.2, 0.25) is 18.1 Å². The minimum atomic E-state index is -1.72. The van der Waals surface area contributed by atoms with Gasteiger partial charge in [-0.1, -0.05) is 20.8 Å². The van der Waals surface area contributed by atoms with Crippen LogP contribution in [0.5, 0.6) is 0 Å². The van der Waals surface area contributed by atoms with E-state index in [-0.39, 0.29) is 23.5 Å². The lowest BCUT2D eigenvalue weighted by Crippen LogP contribution is -2.43. The SMILES string of the molecule is CCOC(=O)C[C@@H](O)CCC[C@@H](C)O[Si](C)(C)C(C)(C)C. The van der Waals surface area contributed by atoms with Crippen LogP contribution in [0, 0.1) is 0 Å². The van der Waals surface area contributed by atoms with Crippen LogP contribution >= 0.6 is 0 Å². The van der Waals surface area contributed by atoms with E-state index in [0.29, 0.717) is 13.0 Å². The van der Waals surface area contributed by atoms with Crippen LogP contribution in [0.4, 0.5) is 0 Å². The third-order valence-electron chi connectivity index (χ3n) is 4.16. The highest BCUT2D eigenvalue weighted by Crippen LogP contribution is 2.37. The molecule has 0 spiro atoms. The van der Waals surface area contributed by atoms with Crippen molar-refractivity contribution in [2.24, 2.45) is 0 Å². The van der Waals surface area contributed by atoms with Gasteiger partial charge in [0.15, 0.2) is 8.32 Å². The van der Waals surface area contributed by atoms with E-state index in [4.69, 9.17) is 9.16 Å². The quantitative estimate of drug-likeness (QED) is 0.518. The first-order valence-electron chi connectivity index (χ1n) is 8.01. The molecular weight excluding hydrogens is 284 g/mol. The Morgan fingerprint density at radius 1 is 1.24 bits per heavy atom. The number of hydrogen-bond acceptors (Lipinski definition) is 4. The number of aliphatic hydroxyl groups excluding tert-OH is 1. The fraction of sp³-hybridized carbons (Fsp3) is 0.938. The molecule has 5 heteroatoms. The summed E-state index contributed by atoms with van der Waals surface area (Å²) in [5.74, 6) is -0.324. The third-order valence-corrected chi connectivity index (χ3v) is 8.76. The van der Waals surface area contributed by atoms with Gasteiger partial charge in [0.2, 0.25) is 0 Å². The van der Waals surface area contributed by atoms with E-state index >= 15 is 0 Å². The molecule has 0 bridgehead atoms. The monoisotopic (exact) mass is 318 g/mol. The lowest BCUT2D eigenvalue weighted by molar-refractivity contribution is -0.145. The molecule has 0 amide bonds. The molecular formula is C16H34O4Si. The van der Waals surface area contributed by atoms with Crippen molar-refractivity contribution in [2.75, 3.05) is 6.61 Å². The second-order valence-electron chi connectivity index (χ2n) is 7.28. The molecule has 1 N–H and O–H groups in total. The Hall–Kier alpha value is -0.393. The van der Waals surface area contributed by atoms with Gasteiger partial charge in [-0.05, 0) is 51.2 Å². The number of ether oxygens (including phenoxy) is 1. The molecule has 0 aliphatic carbocycles. The summed E-state index contributed by atoms with van der Waals surface area (Å²) < 4.78 is 11.1. The Labute approximate surface area is 131 Å². The molecule has 0 heterocycles. The maximum Gasteiger partial charge on any atom is 0.308 e. The summed E-state index contributed by atoms with van der Waals surface area (Å²) in [6.45, 7) is 15.4. The van der Waals surface area contributed by atoms with Gasteiger partial charge in [0.05, 0.1) is 19.1 Å². The summed E-state index contributed by atoms with van der Waals surface area (Å²) >= 11 is 0. The molecule has 0 aromatic carbocycles. The molecule has 0 saturated carbocycles. The molecule has 0 aliphatic rings. The maximum absolute atomic E-state index is 11.2. The zero-order valence-electron chi connectivity index (χ0n) is 14.9. The molecule has 0 saturated heterocycles. The lowest BCUT2D eigenvalue weighted by Gasteiger charge is -2.38. The first-order valence-corrected chi connectivity index (χ1v) is 10.9. The van der Waals surface area contributed by atoms with Crippen molar-refractivity contribution in [2.45, 2.75) is 90.6 Å². The smallest absolute Gasteiger partial charge is 0.308 e. The molecule has 4 nitrogen and oxygen atoms in total. The Kier molecular flexibility index (Phi) is 8.74. The Balaban J connectivity index is 3.99. The molecule has 0 aromatic heterocycles. The number of hydrogen-bond donors (Lipinski definition) is 1. The van der Waals surface area contributed by atoms with Gasteiger partial charge in [0.1, 0.15) is 0 Å². The van der Waals surface area contributed by atoms with Crippen LogP contribution in [0.1, 0.15) is 60.3 Å². The van der Waals surface area contributed by atoms with Gasteiger partial charge < -0.3 is 14.3 Å². The van der Waals surface area contributed by atoms with Gasteiger partial charge in [0.25, 0.3) is 0 Å². The molecule has 0 aliphatic heterocycles. The Bertz CT molecular complexity index is 310. The van der Waals surface area contributed by atoms with E-state index in [1.165, 1.54) is 0 Å². The fourth-order valence-electron chi connectivity index (χ4n) is 1.89. The average Bonchev–Trinajstić information content (AvgIpc) is 2.26. The highest BCUT2D eigenvalue weighted by atomic mass is 28.4.